The van der Waals surface area contributed by atoms with Gasteiger partial charge in [0.05, 0.1) is 37.7 Å². The average Bonchev–Trinajstić information content (AvgIpc) is 3.33. The maximum atomic E-state index is 14.6. The molecule has 1 N–H and O–H groups in total. The lowest BCUT2D eigenvalue weighted by Gasteiger charge is -2.39. The van der Waals surface area contributed by atoms with Gasteiger partial charge in [0.1, 0.15) is 5.54 Å². The van der Waals surface area contributed by atoms with Crippen molar-refractivity contribution in [1.29, 1.82) is 0 Å². The fraction of sp³-hybridized carbons (Fsp3) is 0.353. The van der Waals surface area contributed by atoms with Crippen LogP contribution in [-0.4, -0.2) is 55.2 Å². The number of Topliss-reactive ketones (excluding diaryl/α,β-unsaturated/α-hetero) is 1. The number of carbonyl (C=O) groups is 6. The molecule has 6 rings (SSSR count). The Morgan fingerprint density at radius 3 is 2.11 bits per heavy atom. The molecule has 4 aliphatic rings. The van der Waals surface area contributed by atoms with Crippen molar-refractivity contribution in [2.45, 2.75) is 25.8 Å². The lowest BCUT2D eigenvalue weighted by atomic mass is 9.62. The molecule has 0 aromatic heterocycles. The van der Waals surface area contributed by atoms with E-state index in [0.717, 1.165) is 4.90 Å². The van der Waals surface area contributed by atoms with Gasteiger partial charge in [0.25, 0.3) is 5.91 Å². The number of imide groups is 1. The van der Waals surface area contributed by atoms with Crippen molar-refractivity contribution in [1.82, 2.24) is 5.32 Å². The summed E-state index contributed by atoms with van der Waals surface area (Å²) in [6.07, 6.45) is 1.40. The number of rotatable bonds is 5. The van der Waals surface area contributed by atoms with Crippen molar-refractivity contribution < 1.29 is 38.2 Å². The molecule has 0 saturated carbocycles. The van der Waals surface area contributed by atoms with E-state index in [0.29, 0.717) is 22.4 Å². The number of hydrogen-bond donors (Lipinski definition) is 1. The Balaban J connectivity index is 1.55. The number of ether oxygens (including phenoxy) is 2. The van der Waals surface area contributed by atoms with Gasteiger partial charge in [-0.3, -0.25) is 28.9 Å². The molecular weight excluding hydrogens is 564 g/mol. The van der Waals surface area contributed by atoms with Gasteiger partial charge >= 0.3 is 11.9 Å². The molecule has 0 radical (unpaired) electrons. The zero-order valence-electron chi connectivity index (χ0n) is 24.7. The Labute approximate surface area is 254 Å². The van der Waals surface area contributed by atoms with E-state index in [-0.39, 0.29) is 12.0 Å². The maximum Gasteiger partial charge on any atom is 0.333 e. The average molecular weight is 597 g/mol. The number of nitrogens with one attached hydrogen (secondary N) is 1. The number of methoxy groups -OCH3 is 2. The number of anilines is 1. The summed E-state index contributed by atoms with van der Waals surface area (Å²) in [5.41, 5.74) is 0.00465. The van der Waals surface area contributed by atoms with Gasteiger partial charge in [0.15, 0.2) is 5.78 Å². The zero-order valence-corrected chi connectivity index (χ0v) is 24.7. The summed E-state index contributed by atoms with van der Waals surface area (Å²) < 4.78 is 10.2. The normalized spacial score (nSPS) is 30.7. The molecule has 10 heteroatoms. The zero-order chi connectivity index (χ0) is 31.5. The van der Waals surface area contributed by atoms with Crippen LogP contribution >= 0.6 is 0 Å². The third-order valence-corrected chi connectivity index (χ3v) is 9.73. The van der Waals surface area contributed by atoms with Crippen LogP contribution in [0.1, 0.15) is 30.6 Å². The Morgan fingerprint density at radius 2 is 1.50 bits per heavy atom. The number of fused-ring (bicyclic) bond motifs is 2. The van der Waals surface area contributed by atoms with Crippen LogP contribution in [0.25, 0.3) is 0 Å². The fourth-order valence-corrected chi connectivity index (χ4v) is 7.86. The summed E-state index contributed by atoms with van der Waals surface area (Å²) >= 11 is 0. The van der Waals surface area contributed by atoms with Gasteiger partial charge in [-0.05, 0) is 49.4 Å². The summed E-state index contributed by atoms with van der Waals surface area (Å²) in [5.74, 6) is -8.72. The van der Waals surface area contributed by atoms with Crippen molar-refractivity contribution in [2.75, 3.05) is 19.1 Å². The van der Waals surface area contributed by atoms with Gasteiger partial charge in [-0.2, -0.15) is 0 Å². The predicted octanol–water partition coefficient (Wildman–Crippen LogP) is 3.03. The van der Waals surface area contributed by atoms with Gasteiger partial charge in [-0.25, -0.2) is 4.79 Å². The highest BCUT2D eigenvalue weighted by Gasteiger charge is 2.67. The van der Waals surface area contributed by atoms with E-state index in [9.17, 15) is 28.8 Å². The van der Waals surface area contributed by atoms with Gasteiger partial charge in [0, 0.05) is 22.6 Å². The number of amides is 3. The summed E-state index contributed by atoms with van der Waals surface area (Å²) in [6.45, 7) is 3.30. The summed E-state index contributed by atoms with van der Waals surface area (Å²) in [7, 11) is 2.42. The third-order valence-electron chi connectivity index (χ3n) is 9.73. The number of hydrogen-bond acceptors (Lipinski definition) is 8. The van der Waals surface area contributed by atoms with Gasteiger partial charge in [0.2, 0.25) is 11.8 Å². The molecule has 0 unspecified atom stereocenters. The molecule has 2 aromatic rings. The first-order chi connectivity index (χ1) is 21.0. The first-order valence-electron chi connectivity index (χ1n) is 14.5. The summed E-state index contributed by atoms with van der Waals surface area (Å²) in [6, 6.07) is 16.9. The van der Waals surface area contributed by atoms with Crippen molar-refractivity contribution >= 4 is 41.1 Å². The number of carbonyl (C=O) groups excluding carboxylic acids is 6. The highest BCUT2D eigenvalue weighted by molar-refractivity contribution is 6.24. The lowest BCUT2D eigenvalue weighted by molar-refractivity contribution is -0.146. The van der Waals surface area contributed by atoms with E-state index in [1.165, 1.54) is 20.3 Å². The number of benzene rings is 2. The van der Waals surface area contributed by atoms with Crippen molar-refractivity contribution in [2.24, 2.45) is 35.5 Å². The number of nitrogens with zero attached hydrogens (tertiary/aromatic N) is 1. The van der Waals surface area contributed by atoms with Crippen LogP contribution in [0.2, 0.25) is 0 Å². The molecule has 44 heavy (non-hydrogen) atoms. The predicted molar refractivity (Wildman–Crippen MR) is 157 cm³/mol. The first kappa shape index (κ1) is 29.2. The molecular formula is C34H32N2O8. The van der Waals surface area contributed by atoms with Crippen LogP contribution in [0.5, 0.6) is 0 Å². The molecule has 0 spiro atoms. The minimum absolute atomic E-state index is 0.0406. The maximum absolute atomic E-state index is 14.6. The van der Waals surface area contributed by atoms with E-state index < -0.39 is 76.5 Å². The second-order valence-electron chi connectivity index (χ2n) is 11.9. The lowest BCUT2D eigenvalue weighted by Crippen LogP contribution is -2.57. The number of esters is 2. The minimum Gasteiger partial charge on any atom is -0.469 e. The van der Waals surface area contributed by atoms with E-state index in [4.69, 9.17) is 9.47 Å². The Bertz CT molecular complexity index is 1660. The molecule has 3 aliphatic carbocycles. The van der Waals surface area contributed by atoms with Gasteiger partial charge < -0.3 is 14.8 Å². The number of ketones is 1. The van der Waals surface area contributed by atoms with Crippen LogP contribution in [-0.2, 0) is 33.4 Å². The van der Waals surface area contributed by atoms with Crippen LogP contribution < -0.4 is 10.2 Å². The molecule has 1 saturated heterocycles. The smallest absolute Gasteiger partial charge is 0.333 e. The quantitative estimate of drug-likeness (QED) is 0.411. The van der Waals surface area contributed by atoms with Crippen molar-refractivity contribution in [3.8, 4) is 0 Å². The SMILES string of the molecule is COC(=O)C1=C[C@@H](C(=O)OC)[C@@H]2C3=C(C(=O)[C@@]2(C)NC(=O)c2ccccc2)[C@H](C)[C@@H]2C(=O)N(c4ccccc4)C(=O)[C@@H]2[C@@H]3C1. The Kier molecular flexibility index (Phi) is 7.10. The topological polar surface area (TPSA) is 136 Å². The van der Waals surface area contributed by atoms with E-state index in [2.05, 4.69) is 5.32 Å². The fourth-order valence-electron chi connectivity index (χ4n) is 7.86. The van der Waals surface area contributed by atoms with E-state index in [1.54, 1.807) is 74.5 Å². The highest BCUT2D eigenvalue weighted by atomic mass is 16.5. The van der Waals surface area contributed by atoms with Crippen molar-refractivity contribution in [3.05, 3.63) is 89.0 Å². The van der Waals surface area contributed by atoms with E-state index in [1.807, 2.05) is 0 Å². The molecule has 2 aromatic carbocycles. The first-order valence-corrected chi connectivity index (χ1v) is 14.5. The van der Waals surface area contributed by atoms with Crippen LogP contribution in [0, 0.1) is 35.5 Å². The summed E-state index contributed by atoms with van der Waals surface area (Å²) in [4.78, 5) is 84.1. The van der Waals surface area contributed by atoms with Crippen LogP contribution in [0.4, 0.5) is 5.69 Å². The monoisotopic (exact) mass is 596 g/mol. The molecule has 0 bridgehead atoms. The van der Waals surface area contributed by atoms with Crippen LogP contribution in [0.3, 0.4) is 0 Å². The molecule has 3 amide bonds. The Hall–Kier alpha value is -4.86. The summed E-state index contributed by atoms with van der Waals surface area (Å²) in [5, 5.41) is 2.91. The standard InChI is InChI=1S/C34H32N2O8/c1-17-23-25-21(26-24(17)30(39)36(31(26)40)20-13-9-6-10-14-20)15-19(32(41)43-3)16-22(33(42)44-4)27(25)34(2,28(23)37)35-29(38)18-11-7-5-8-12-18/h5-14,16-17,21-22,24,26-27H,15H2,1-4H3,(H,35,38)/t17-,21+,22+,24-,26+,27+,34-/m0/s1. The minimum atomic E-state index is -1.66. The molecule has 1 heterocycles. The molecule has 7 atom stereocenters. The van der Waals surface area contributed by atoms with Gasteiger partial charge in [-0.15, -0.1) is 0 Å². The number of para-hydroxylation sites is 1. The van der Waals surface area contributed by atoms with Gasteiger partial charge in [-0.1, -0.05) is 55.0 Å². The second-order valence-corrected chi connectivity index (χ2v) is 11.9. The van der Waals surface area contributed by atoms with E-state index >= 15 is 0 Å². The second kappa shape index (κ2) is 10.7. The largest absolute Gasteiger partial charge is 0.469 e. The highest BCUT2D eigenvalue weighted by Crippen LogP contribution is 2.60. The molecule has 226 valence electrons. The Morgan fingerprint density at radius 1 is 0.886 bits per heavy atom. The molecule has 10 nitrogen and oxygen atoms in total. The molecule has 1 fully saturated rings. The van der Waals surface area contributed by atoms with Crippen LogP contribution in [0.15, 0.2) is 83.5 Å². The molecule has 1 aliphatic heterocycles. The third kappa shape index (κ3) is 4.15. The van der Waals surface area contributed by atoms with Crippen molar-refractivity contribution in [3.63, 3.8) is 0 Å².